The lowest BCUT2D eigenvalue weighted by molar-refractivity contribution is 0.108. The Kier molecular flexibility index (Phi) is 4.11. The second-order valence-corrected chi connectivity index (χ2v) is 5.56. The maximum Gasteiger partial charge on any atom is 0.407 e. The number of carbonyl (C=O) groups is 1. The summed E-state index contributed by atoms with van der Waals surface area (Å²) in [5.41, 5.74) is 0.873. The standard InChI is InChI=1S/C13H16FNO2S/c1-18-11-6-7-15(13(16)17)12(8-11)9-2-4-10(14)5-3-9/h2-5,11-12H,6-8H2,1H3,(H,16,17)/t11-,12+/m0/s1. The minimum atomic E-state index is -0.899. The Bertz CT molecular complexity index is 424. The molecule has 0 aliphatic carbocycles. The summed E-state index contributed by atoms with van der Waals surface area (Å²) in [4.78, 5) is 12.7. The summed E-state index contributed by atoms with van der Waals surface area (Å²) in [5.74, 6) is -0.294. The van der Waals surface area contributed by atoms with Crippen molar-refractivity contribution < 1.29 is 14.3 Å². The van der Waals surface area contributed by atoms with E-state index in [0.717, 1.165) is 18.4 Å². The van der Waals surface area contributed by atoms with E-state index in [1.807, 2.05) is 6.26 Å². The topological polar surface area (TPSA) is 40.5 Å². The zero-order valence-corrected chi connectivity index (χ0v) is 11.0. The number of rotatable bonds is 2. The van der Waals surface area contributed by atoms with Crippen LogP contribution in [0.1, 0.15) is 24.4 Å². The molecule has 2 rings (SSSR count). The number of piperidine rings is 1. The van der Waals surface area contributed by atoms with Crippen LogP contribution in [0, 0.1) is 5.82 Å². The maximum atomic E-state index is 12.9. The Balaban J connectivity index is 2.24. The second kappa shape index (κ2) is 5.61. The molecule has 1 N–H and O–H groups in total. The third-order valence-corrected chi connectivity index (χ3v) is 4.48. The molecular formula is C13H16FNO2S. The Labute approximate surface area is 110 Å². The molecule has 0 radical (unpaired) electrons. The van der Waals surface area contributed by atoms with Crippen molar-refractivity contribution in [1.82, 2.24) is 4.90 Å². The van der Waals surface area contributed by atoms with E-state index in [9.17, 15) is 14.3 Å². The van der Waals surface area contributed by atoms with Gasteiger partial charge < -0.3 is 10.0 Å². The number of benzene rings is 1. The highest BCUT2D eigenvalue weighted by Crippen LogP contribution is 2.35. The summed E-state index contributed by atoms with van der Waals surface area (Å²) in [7, 11) is 0. The SMILES string of the molecule is CS[C@H]1CCN(C(=O)O)[C@@H](c2ccc(F)cc2)C1. The molecule has 1 heterocycles. The monoisotopic (exact) mass is 269 g/mol. The van der Waals surface area contributed by atoms with Gasteiger partial charge in [0.1, 0.15) is 5.82 Å². The lowest BCUT2D eigenvalue weighted by Gasteiger charge is -2.37. The number of halogens is 1. The molecule has 0 bridgehead atoms. The van der Waals surface area contributed by atoms with E-state index < -0.39 is 6.09 Å². The largest absolute Gasteiger partial charge is 0.465 e. The van der Waals surface area contributed by atoms with Crippen molar-refractivity contribution in [3.05, 3.63) is 35.6 Å². The van der Waals surface area contributed by atoms with Crippen LogP contribution >= 0.6 is 11.8 Å². The van der Waals surface area contributed by atoms with Crippen molar-refractivity contribution in [3.8, 4) is 0 Å². The summed E-state index contributed by atoms with van der Waals surface area (Å²) in [6.45, 7) is 0.545. The molecule has 1 aromatic carbocycles. The molecule has 1 saturated heterocycles. The predicted octanol–water partition coefficient (Wildman–Crippen LogP) is 3.37. The molecule has 5 heteroatoms. The highest BCUT2D eigenvalue weighted by Gasteiger charge is 2.32. The van der Waals surface area contributed by atoms with E-state index in [4.69, 9.17) is 0 Å². The lowest BCUT2D eigenvalue weighted by Crippen LogP contribution is -2.41. The molecule has 1 aliphatic heterocycles. The van der Waals surface area contributed by atoms with Gasteiger partial charge >= 0.3 is 6.09 Å². The summed E-state index contributed by atoms with van der Waals surface area (Å²) in [6.07, 6.45) is 2.82. The van der Waals surface area contributed by atoms with Gasteiger partial charge in [-0.25, -0.2) is 9.18 Å². The lowest BCUT2D eigenvalue weighted by atomic mass is 9.95. The fourth-order valence-electron chi connectivity index (χ4n) is 2.38. The van der Waals surface area contributed by atoms with Crippen LogP contribution in [0.2, 0.25) is 0 Å². The van der Waals surface area contributed by atoms with E-state index in [0.29, 0.717) is 11.8 Å². The molecule has 0 spiro atoms. The first kappa shape index (κ1) is 13.2. The number of thioether (sulfide) groups is 1. The highest BCUT2D eigenvalue weighted by molar-refractivity contribution is 7.99. The van der Waals surface area contributed by atoms with Gasteiger partial charge in [-0.3, -0.25) is 0 Å². The molecule has 1 fully saturated rings. The van der Waals surface area contributed by atoms with Gasteiger partial charge in [0.05, 0.1) is 6.04 Å². The van der Waals surface area contributed by atoms with Crippen LogP contribution in [0.15, 0.2) is 24.3 Å². The third kappa shape index (κ3) is 2.77. The van der Waals surface area contributed by atoms with Crippen molar-refractivity contribution in [3.63, 3.8) is 0 Å². The Morgan fingerprint density at radius 2 is 2.11 bits per heavy atom. The van der Waals surface area contributed by atoms with Crippen molar-refractivity contribution in [2.24, 2.45) is 0 Å². The fraction of sp³-hybridized carbons (Fsp3) is 0.462. The number of hydrogen-bond donors (Lipinski definition) is 1. The van der Waals surface area contributed by atoms with E-state index >= 15 is 0 Å². The van der Waals surface area contributed by atoms with E-state index in [1.165, 1.54) is 17.0 Å². The smallest absolute Gasteiger partial charge is 0.407 e. The number of likely N-dealkylation sites (tertiary alicyclic amines) is 1. The van der Waals surface area contributed by atoms with E-state index in [-0.39, 0.29) is 11.9 Å². The summed E-state index contributed by atoms with van der Waals surface area (Å²) >= 11 is 1.77. The Hall–Kier alpha value is -1.23. The van der Waals surface area contributed by atoms with Crippen LogP contribution in [0.3, 0.4) is 0 Å². The van der Waals surface area contributed by atoms with Gasteiger partial charge in [0.25, 0.3) is 0 Å². The maximum absolute atomic E-state index is 12.9. The van der Waals surface area contributed by atoms with Crippen LogP contribution < -0.4 is 0 Å². The van der Waals surface area contributed by atoms with Crippen molar-refractivity contribution in [2.75, 3.05) is 12.8 Å². The highest BCUT2D eigenvalue weighted by atomic mass is 32.2. The summed E-state index contributed by atoms with van der Waals surface area (Å²) < 4.78 is 12.9. The third-order valence-electron chi connectivity index (χ3n) is 3.39. The van der Waals surface area contributed by atoms with Crippen LogP contribution in [-0.4, -0.2) is 34.2 Å². The molecule has 3 nitrogen and oxygen atoms in total. The number of hydrogen-bond acceptors (Lipinski definition) is 2. The summed E-state index contributed by atoms with van der Waals surface area (Å²) in [6, 6.07) is 5.97. The molecule has 18 heavy (non-hydrogen) atoms. The normalized spacial score (nSPS) is 24.0. The van der Waals surface area contributed by atoms with Crippen molar-refractivity contribution in [1.29, 1.82) is 0 Å². The minimum absolute atomic E-state index is 0.158. The first-order chi connectivity index (χ1) is 8.61. The first-order valence-electron chi connectivity index (χ1n) is 5.89. The summed E-state index contributed by atoms with van der Waals surface area (Å²) in [5, 5.41) is 9.70. The number of carboxylic acid groups (broad SMARTS) is 1. The quantitative estimate of drug-likeness (QED) is 0.895. The van der Waals surface area contributed by atoms with Gasteiger partial charge in [-0.1, -0.05) is 12.1 Å². The van der Waals surface area contributed by atoms with Gasteiger partial charge in [0.2, 0.25) is 0 Å². The fourth-order valence-corrected chi connectivity index (χ4v) is 3.09. The molecular weight excluding hydrogens is 253 g/mol. The zero-order chi connectivity index (χ0) is 13.1. The van der Waals surface area contributed by atoms with Crippen molar-refractivity contribution >= 4 is 17.9 Å². The molecule has 0 saturated carbocycles. The molecule has 1 aromatic rings. The van der Waals surface area contributed by atoms with Gasteiger partial charge in [-0.15, -0.1) is 0 Å². The van der Waals surface area contributed by atoms with E-state index in [1.54, 1.807) is 23.9 Å². The molecule has 0 unspecified atom stereocenters. The Morgan fingerprint density at radius 3 is 2.67 bits per heavy atom. The first-order valence-corrected chi connectivity index (χ1v) is 7.18. The van der Waals surface area contributed by atoms with Crippen LogP contribution in [0.5, 0.6) is 0 Å². The van der Waals surface area contributed by atoms with Gasteiger partial charge in [-0.05, 0) is 36.8 Å². The van der Waals surface area contributed by atoms with Gasteiger partial charge in [-0.2, -0.15) is 11.8 Å². The average molecular weight is 269 g/mol. The second-order valence-electron chi connectivity index (χ2n) is 4.43. The molecule has 1 aliphatic rings. The van der Waals surface area contributed by atoms with Gasteiger partial charge in [0, 0.05) is 11.8 Å². The van der Waals surface area contributed by atoms with Crippen LogP contribution in [0.25, 0.3) is 0 Å². The molecule has 98 valence electrons. The van der Waals surface area contributed by atoms with E-state index in [2.05, 4.69) is 0 Å². The Morgan fingerprint density at radius 1 is 1.44 bits per heavy atom. The molecule has 2 atom stereocenters. The average Bonchev–Trinajstić information content (AvgIpc) is 2.38. The number of nitrogens with zero attached hydrogens (tertiary/aromatic N) is 1. The van der Waals surface area contributed by atoms with Crippen LogP contribution in [-0.2, 0) is 0 Å². The van der Waals surface area contributed by atoms with Crippen LogP contribution in [0.4, 0.5) is 9.18 Å². The molecule has 1 amide bonds. The number of amides is 1. The predicted molar refractivity (Wildman–Crippen MR) is 70.4 cm³/mol. The molecule has 0 aromatic heterocycles. The van der Waals surface area contributed by atoms with Crippen molar-refractivity contribution in [2.45, 2.75) is 24.1 Å². The van der Waals surface area contributed by atoms with Gasteiger partial charge in [0.15, 0.2) is 0 Å². The zero-order valence-electron chi connectivity index (χ0n) is 10.2. The minimum Gasteiger partial charge on any atom is -0.465 e.